The minimum Gasteiger partial charge on any atom is -0.347 e. The third-order valence-electron chi connectivity index (χ3n) is 3.98. The van der Waals surface area contributed by atoms with E-state index in [2.05, 4.69) is 16.5 Å². The zero-order chi connectivity index (χ0) is 13.8. The van der Waals surface area contributed by atoms with Crippen LogP contribution in [-0.4, -0.2) is 47.3 Å². The minimum atomic E-state index is 0.000266. The molecule has 1 amide bonds. The first-order chi connectivity index (χ1) is 9.08. The van der Waals surface area contributed by atoms with Gasteiger partial charge in [-0.3, -0.25) is 9.48 Å². The molecule has 1 saturated heterocycles. The van der Waals surface area contributed by atoms with Gasteiger partial charge in [0.2, 0.25) is 5.91 Å². The van der Waals surface area contributed by atoms with Gasteiger partial charge in [-0.2, -0.15) is 5.10 Å². The van der Waals surface area contributed by atoms with Gasteiger partial charge in [0.15, 0.2) is 0 Å². The van der Waals surface area contributed by atoms with Crippen molar-refractivity contribution in [3.63, 3.8) is 0 Å². The molecule has 19 heavy (non-hydrogen) atoms. The van der Waals surface area contributed by atoms with E-state index >= 15 is 0 Å². The molecule has 2 atom stereocenters. The summed E-state index contributed by atoms with van der Waals surface area (Å²) in [6.07, 6.45) is 6.14. The summed E-state index contributed by atoms with van der Waals surface area (Å²) >= 11 is 0. The summed E-state index contributed by atoms with van der Waals surface area (Å²) in [5, 5.41) is 7.52. The van der Waals surface area contributed by atoms with Crippen molar-refractivity contribution in [2.75, 3.05) is 20.6 Å². The zero-order valence-electron chi connectivity index (χ0n) is 12.1. The van der Waals surface area contributed by atoms with Crippen LogP contribution >= 0.6 is 0 Å². The number of carbonyl (C=O) groups is 1. The standard InChI is InChI=1S/C14H24N4O/c1-17(2)14(19)13-10-11(6-8-15-13)4-5-12-7-9-16-18(12)3/h7,9,11,13,15H,4-6,8,10H2,1-3H3. The predicted octanol–water partition coefficient (Wildman–Crippen LogP) is 0.809. The van der Waals surface area contributed by atoms with E-state index in [0.29, 0.717) is 5.92 Å². The number of hydrogen-bond donors (Lipinski definition) is 1. The van der Waals surface area contributed by atoms with E-state index in [1.165, 1.54) is 5.69 Å². The van der Waals surface area contributed by atoms with Crippen LogP contribution in [0.2, 0.25) is 0 Å². The summed E-state index contributed by atoms with van der Waals surface area (Å²) in [6, 6.07) is 2.07. The molecular formula is C14H24N4O. The topological polar surface area (TPSA) is 50.2 Å². The van der Waals surface area contributed by atoms with Crippen LogP contribution in [0, 0.1) is 5.92 Å². The van der Waals surface area contributed by atoms with E-state index in [-0.39, 0.29) is 11.9 Å². The lowest BCUT2D eigenvalue weighted by Crippen LogP contribution is -2.48. The van der Waals surface area contributed by atoms with Gasteiger partial charge in [0.1, 0.15) is 0 Å². The molecule has 0 bridgehead atoms. The van der Waals surface area contributed by atoms with Gasteiger partial charge in [0.05, 0.1) is 6.04 Å². The second-order valence-electron chi connectivity index (χ2n) is 5.61. The van der Waals surface area contributed by atoms with E-state index in [4.69, 9.17) is 0 Å². The number of aromatic nitrogens is 2. The van der Waals surface area contributed by atoms with Crippen molar-refractivity contribution in [2.45, 2.75) is 31.7 Å². The normalized spacial score (nSPS) is 23.3. The van der Waals surface area contributed by atoms with Gasteiger partial charge in [-0.1, -0.05) is 0 Å². The quantitative estimate of drug-likeness (QED) is 0.875. The van der Waals surface area contributed by atoms with Crippen molar-refractivity contribution in [2.24, 2.45) is 13.0 Å². The molecule has 0 aliphatic carbocycles. The predicted molar refractivity (Wildman–Crippen MR) is 74.7 cm³/mol. The molecule has 1 aliphatic heterocycles. The summed E-state index contributed by atoms with van der Waals surface area (Å²) in [7, 11) is 5.63. The van der Waals surface area contributed by atoms with Gasteiger partial charge < -0.3 is 10.2 Å². The summed E-state index contributed by atoms with van der Waals surface area (Å²) in [4.78, 5) is 13.7. The second-order valence-corrected chi connectivity index (χ2v) is 5.61. The van der Waals surface area contributed by atoms with Gasteiger partial charge in [-0.25, -0.2) is 0 Å². The number of hydrogen-bond acceptors (Lipinski definition) is 3. The molecule has 1 aromatic heterocycles. The Balaban J connectivity index is 1.84. The molecule has 2 heterocycles. The molecule has 1 aromatic rings. The lowest BCUT2D eigenvalue weighted by molar-refractivity contribution is -0.131. The van der Waals surface area contributed by atoms with E-state index < -0.39 is 0 Å². The van der Waals surface area contributed by atoms with Gasteiger partial charge >= 0.3 is 0 Å². The smallest absolute Gasteiger partial charge is 0.239 e. The van der Waals surface area contributed by atoms with Crippen molar-refractivity contribution in [3.05, 3.63) is 18.0 Å². The molecule has 5 heteroatoms. The highest BCUT2D eigenvalue weighted by molar-refractivity contribution is 5.81. The van der Waals surface area contributed by atoms with E-state index in [1.54, 1.807) is 4.90 Å². The van der Waals surface area contributed by atoms with Gasteiger partial charge in [-0.05, 0) is 44.2 Å². The molecule has 5 nitrogen and oxygen atoms in total. The number of nitrogens with zero attached hydrogens (tertiary/aromatic N) is 3. The summed E-state index contributed by atoms with van der Waals surface area (Å²) in [5.41, 5.74) is 1.27. The second kappa shape index (κ2) is 6.19. The van der Waals surface area contributed by atoms with Crippen molar-refractivity contribution >= 4 is 5.91 Å². The minimum absolute atomic E-state index is 0.000266. The Bertz CT molecular complexity index is 427. The van der Waals surface area contributed by atoms with Crippen molar-refractivity contribution in [3.8, 4) is 0 Å². The van der Waals surface area contributed by atoms with Crippen LogP contribution in [0.25, 0.3) is 0 Å². The first-order valence-electron chi connectivity index (χ1n) is 6.99. The molecule has 1 N–H and O–H groups in total. The summed E-state index contributed by atoms with van der Waals surface area (Å²) in [6.45, 7) is 0.945. The SMILES string of the molecule is CN(C)C(=O)C1CC(CCc2ccnn2C)CCN1. The fourth-order valence-corrected chi connectivity index (χ4v) is 2.76. The Hall–Kier alpha value is -1.36. The largest absolute Gasteiger partial charge is 0.347 e. The maximum absolute atomic E-state index is 12.0. The van der Waals surface area contributed by atoms with Crippen LogP contribution in [0.4, 0.5) is 0 Å². The molecule has 2 rings (SSSR count). The van der Waals surface area contributed by atoms with Crippen molar-refractivity contribution < 1.29 is 4.79 Å². The van der Waals surface area contributed by atoms with Crippen LogP contribution in [0.15, 0.2) is 12.3 Å². The number of aryl methyl sites for hydroxylation is 2. The highest BCUT2D eigenvalue weighted by atomic mass is 16.2. The molecule has 1 fully saturated rings. The number of rotatable bonds is 4. The monoisotopic (exact) mass is 264 g/mol. The molecule has 0 radical (unpaired) electrons. The Morgan fingerprint density at radius 3 is 3.00 bits per heavy atom. The highest BCUT2D eigenvalue weighted by Gasteiger charge is 2.27. The average Bonchev–Trinajstić information content (AvgIpc) is 2.81. The average molecular weight is 264 g/mol. The fourth-order valence-electron chi connectivity index (χ4n) is 2.76. The lowest BCUT2D eigenvalue weighted by Gasteiger charge is -2.31. The Kier molecular flexibility index (Phi) is 4.58. The molecule has 0 saturated carbocycles. The van der Waals surface area contributed by atoms with E-state index in [0.717, 1.165) is 32.2 Å². The third kappa shape index (κ3) is 3.56. The highest BCUT2D eigenvalue weighted by Crippen LogP contribution is 2.22. The summed E-state index contributed by atoms with van der Waals surface area (Å²) in [5.74, 6) is 0.829. The van der Waals surface area contributed by atoms with Crippen LogP contribution in [0.3, 0.4) is 0 Å². The van der Waals surface area contributed by atoms with Crippen LogP contribution in [0.1, 0.15) is 25.0 Å². The van der Waals surface area contributed by atoms with Crippen LogP contribution < -0.4 is 5.32 Å². The van der Waals surface area contributed by atoms with E-state index in [9.17, 15) is 4.79 Å². The Morgan fingerprint density at radius 2 is 2.37 bits per heavy atom. The molecule has 1 aliphatic rings. The number of likely N-dealkylation sites (N-methyl/N-ethyl adjacent to an activating group) is 1. The van der Waals surface area contributed by atoms with E-state index in [1.807, 2.05) is 32.0 Å². The first kappa shape index (κ1) is 14.1. The first-order valence-corrected chi connectivity index (χ1v) is 6.99. The lowest BCUT2D eigenvalue weighted by atomic mass is 9.88. The molecule has 2 unspecified atom stereocenters. The number of piperidine rings is 1. The molecule has 106 valence electrons. The van der Waals surface area contributed by atoms with Gasteiger partial charge in [0.25, 0.3) is 0 Å². The fraction of sp³-hybridized carbons (Fsp3) is 0.714. The molecular weight excluding hydrogens is 240 g/mol. The summed E-state index contributed by atoms with van der Waals surface area (Å²) < 4.78 is 1.93. The maximum Gasteiger partial charge on any atom is 0.239 e. The number of nitrogens with one attached hydrogen (secondary N) is 1. The van der Waals surface area contributed by atoms with Gasteiger partial charge in [-0.15, -0.1) is 0 Å². The number of amides is 1. The van der Waals surface area contributed by atoms with Crippen LogP contribution in [-0.2, 0) is 18.3 Å². The maximum atomic E-state index is 12.0. The Morgan fingerprint density at radius 1 is 1.58 bits per heavy atom. The molecule has 0 spiro atoms. The van der Waals surface area contributed by atoms with Crippen molar-refractivity contribution in [1.82, 2.24) is 20.0 Å². The van der Waals surface area contributed by atoms with Crippen molar-refractivity contribution in [1.29, 1.82) is 0 Å². The third-order valence-corrected chi connectivity index (χ3v) is 3.98. The van der Waals surface area contributed by atoms with Crippen LogP contribution in [0.5, 0.6) is 0 Å². The number of carbonyl (C=O) groups excluding carboxylic acids is 1. The Labute approximate surface area is 115 Å². The molecule has 0 aromatic carbocycles. The zero-order valence-corrected chi connectivity index (χ0v) is 12.1. The van der Waals surface area contributed by atoms with Gasteiger partial charge in [0, 0.05) is 33.0 Å².